The molecule has 4 atom stereocenters. The summed E-state index contributed by atoms with van der Waals surface area (Å²) in [6, 6.07) is 14.2. The van der Waals surface area contributed by atoms with Crippen LogP contribution in [0.1, 0.15) is 64.4 Å². The summed E-state index contributed by atoms with van der Waals surface area (Å²) in [5.41, 5.74) is 4.10. The maximum Gasteiger partial charge on any atom is 0.238 e. The third kappa shape index (κ3) is 6.21. The molecule has 1 saturated heterocycles. The third-order valence-electron chi connectivity index (χ3n) is 7.97. The molecule has 0 bridgehead atoms. The van der Waals surface area contributed by atoms with Gasteiger partial charge in [-0.1, -0.05) is 78.0 Å². The largest absolute Gasteiger partial charge is 0.507 e. The highest BCUT2D eigenvalue weighted by molar-refractivity contribution is 9.10. The van der Waals surface area contributed by atoms with Crippen molar-refractivity contribution >= 4 is 39.5 Å². The number of carbonyl (C=O) groups is 2. The summed E-state index contributed by atoms with van der Waals surface area (Å²) < 4.78 is 0.875. The van der Waals surface area contributed by atoms with Gasteiger partial charge in [-0.05, 0) is 68.0 Å². The first-order valence-electron chi connectivity index (χ1n) is 13.9. The number of rotatable bonds is 11. The van der Waals surface area contributed by atoms with Crippen molar-refractivity contribution in [1.29, 1.82) is 0 Å². The predicted molar refractivity (Wildman–Crippen MR) is 157 cm³/mol. The van der Waals surface area contributed by atoms with Crippen LogP contribution in [-0.2, 0) is 9.59 Å². The van der Waals surface area contributed by atoms with Gasteiger partial charge < -0.3 is 15.3 Å². The SMILES string of the molecule is CCCC1=C([C@H](O)CC/C(=C/c2cc(Br)ccc2O)CCC)[C@H](CO)[C@@H]2C(=O)N(c3ccccc3)C(=O)[C@@H]2C1. The molecule has 0 aromatic heterocycles. The summed E-state index contributed by atoms with van der Waals surface area (Å²) in [5, 5.41) is 32.4. The summed E-state index contributed by atoms with van der Waals surface area (Å²) in [7, 11) is 0. The Morgan fingerprint density at radius 1 is 1.08 bits per heavy atom. The first kappa shape index (κ1) is 29.2. The van der Waals surface area contributed by atoms with Crippen molar-refractivity contribution in [2.45, 2.75) is 64.9 Å². The average molecular weight is 597 g/mol. The Labute approximate surface area is 239 Å². The smallest absolute Gasteiger partial charge is 0.238 e. The van der Waals surface area contributed by atoms with E-state index >= 15 is 0 Å². The van der Waals surface area contributed by atoms with E-state index in [2.05, 4.69) is 29.8 Å². The molecule has 0 spiro atoms. The summed E-state index contributed by atoms with van der Waals surface area (Å²) in [4.78, 5) is 28.3. The number of phenols is 1. The van der Waals surface area contributed by atoms with E-state index < -0.39 is 23.9 Å². The van der Waals surface area contributed by atoms with Crippen LogP contribution in [0.25, 0.3) is 6.08 Å². The molecule has 1 aliphatic carbocycles. The van der Waals surface area contributed by atoms with Crippen LogP contribution in [0.5, 0.6) is 5.75 Å². The summed E-state index contributed by atoms with van der Waals surface area (Å²) in [5.74, 6) is -2.13. The molecule has 6 nitrogen and oxygen atoms in total. The van der Waals surface area contributed by atoms with Crippen LogP contribution in [0.3, 0.4) is 0 Å². The zero-order chi connectivity index (χ0) is 28.1. The van der Waals surface area contributed by atoms with Crippen LogP contribution in [0.15, 0.2) is 69.7 Å². The van der Waals surface area contributed by atoms with Gasteiger partial charge in [0, 0.05) is 16.0 Å². The molecule has 0 saturated carbocycles. The lowest BCUT2D eigenvalue weighted by atomic mass is 9.67. The number of carbonyl (C=O) groups excluding carboxylic acids is 2. The number of allylic oxidation sites excluding steroid dienone is 2. The number of aliphatic hydroxyl groups is 2. The van der Waals surface area contributed by atoms with Gasteiger partial charge in [0.2, 0.25) is 11.8 Å². The van der Waals surface area contributed by atoms with Gasteiger partial charge in [-0.15, -0.1) is 0 Å². The van der Waals surface area contributed by atoms with Crippen LogP contribution in [0.4, 0.5) is 5.69 Å². The van der Waals surface area contributed by atoms with Gasteiger partial charge in [-0.2, -0.15) is 0 Å². The fourth-order valence-corrected chi connectivity index (χ4v) is 6.64. The molecule has 3 N–H and O–H groups in total. The second-order valence-electron chi connectivity index (χ2n) is 10.6. The second-order valence-corrected chi connectivity index (χ2v) is 11.5. The van der Waals surface area contributed by atoms with Crippen LogP contribution < -0.4 is 4.90 Å². The number of phenolic OH excluding ortho intramolecular Hbond substituents is 1. The Hall–Kier alpha value is -2.74. The van der Waals surface area contributed by atoms with E-state index in [1.54, 1.807) is 36.4 Å². The molecule has 2 aromatic carbocycles. The Morgan fingerprint density at radius 2 is 1.82 bits per heavy atom. The quantitative estimate of drug-likeness (QED) is 0.206. The summed E-state index contributed by atoms with van der Waals surface area (Å²) in [6.45, 7) is 3.85. The highest BCUT2D eigenvalue weighted by atomic mass is 79.9. The molecule has 208 valence electrons. The van der Waals surface area contributed by atoms with E-state index in [0.29, 0.717) is 31.4 Å². The Kier molecular flexibility index (Phi) is 9.81. The molecule has 7 heteroatoms. The lowest BCUT2D eigenvalue weighted by molar-refractivity contribution is -0.123. The van der Waals surface area contributed by atoms with Crippen molar-refractivity contribution in [3.8, 4) is 5.75 Å². The molecule has 2 amide bonds. The Balaban J connectivity index is 1.61. The zero-order valence-corrected chi connectivity index (χ0v) is 24.2. The van der Waals surface area contributed by atoms with Gasteiger partial charge in [0.1, 0.15) is 5.75 Å². The van der Waals surface area contributed by atoms with E-state index in [9.17, 15) is 24.9 Å². The Bertz CT molecular complexity index is 1250. The number of amides is 2. The molecular formula is C32H38BrNO5. The topological polar surface area (TPSA) is 98.1 Å². The number of halogens is 1. The van der Waals surface area contributed by atoms with E-state index in [1.807, 2.05) is 18.2 Å². The fraction of sp³-hybridized carbons (Fsp3) is 0.438. The van der Waals surface area contributed by atoms with Gasteiger partial charge in [0.15, 0.2) is 0 Å². The minimum Gasteiger partial charge on any atom is -0.507 e. The molecule has 1 aliphatic heterocycles. The van der Waals surface area contributed by atoms with Gasteiger partial charge in [-0.25, -0.2) is 0 Å². The highest BCUT2D eigenvalue weighted by Crippen LogP contribution is 2.48. The first-order chi connectivity index (χ1) is 18.8. The molecule has 0 radical (unpaired) electrons. The van der Waals surface area contributed by atoms with Crippen molar-refractivity contribution in [3.63, 3.8) is 0 Å². The van der Waals surface area contributed by atoms with Gasteiger partial charge in [0.05, 0.1) is 30.2 Å². The molecule has 0 unspecified atom stereocenters. The van der Waals surface area contributed by atoms with Crippen molar-refractivity contribution in [1.82, 2.24) is 0 Å². The number of aromatic hydroxyl groups is 1. The van der Waals surface area contributed by atoms with Crippen molar-refractivity contribution in [3.05, 3.63) is 75.3 Å². The fourth-order valence-electron chi connectivity index (χ4n) is 6.26. The number of hydrogen-bond acceptors (Lipinski definition) is 5. The zero-order valence-electron chi connectivity index (χ0n) is 22.6. The van der Waals surface area contributed by atoms with E-state index in [1.165, 1.54) is 4.90 Å². The maximum absolute atomic E-state index is 13.6. The van der Waals surface area contributed by atoms with Crippen molar-refractivity contribution in [2.24, 2.45) is 17.8 Å². The maximum atomic E-state index is 13.6. The number of imide groups is 1. The standard InChI is InChI=1S/C32H38BrNO5/c1-3-8-20(16-22-17-23(33)13-15-27(22)36)12-14-28(37)29-21(9-4-2)18-25-30(26(29)19-35)32(39)34(31(25)38)24-10-6-5-7-11-24/h5-7,10-11,13,15-17,25-26,28,30,35-37H,3-4,8-9,12,14,18-19H2,1-2H3/b20-16+/t25-,26+,28-,30-/m1/s1. The number of aliphatic hydroxyl groups excluding tert-OH is 2. The number of para-hydroxylation sites is 1. The van der Waals surface area contributed by atoms with E-state index in [-0.39, 0.29) is 24.2 Å². The van der Waals surface area contributed by atoms with Gasteiger partial charge >= 0.3 is 0 Å². The molecule has 39 heavy (non-hydrogen) atoms. The molecule has 2 aromatic rings. The molecule has 4 rings (SSSR count). The second kappa shape index (κ2) is 13.1. The average Bonchev–Trinajstić information content (AvgIpc) is 3.18. The Morgan fingerprint density at radius 3 is 2.49 bits per heavy atom. The number of benzene rings is 2. The number of anilines is 1. The van der Waals surface area contributed by atoms with Crippen molar-refractivity contribution in [2.75, 3.05) is 11.5 Å². The number of fused-ring (bicyclic) bond motifs is 1. The lowest BCUT2D eigenvalue weighted by Crippen LogP contribution is -2.39. The van der Waals surface area contributed by atoms with E-state index in [0.717, 1.165) is 46.0 Å². The predicted octanol–water partition coefficient (Wildman–Crippen LogP) is 6.39. The van der Waals surface area contributed by atoms with Gasteiger partial charge in [-0.3, -0.25) is 14.5 Å². The first-order valence-corrected chi connectivity index (χ1v) is 14.7. The molecular weight excluding hydrogens is 558 g/mol. The normalized spacial score (nSPS) is 22.4. The van der Waals surface area contributed by atoms with Gasteiger partial charge in [0.25, 0.3) is 0 Å². The summed E-state index contributed by atoms with van der Waals surface area (Å²) in [6.07, 6.45) is 5.92. The van der Waals surface area contributed by atoms with E-state index in [4.69, 9.17) is 0 Å². The minimum absolute atomic E-state index is 0.200. The van der Waals surface area contributed by atoms with Crippen LogP contribution >= 0.6 is 15.9 Å². The molecule has 1 fully saturated rings. The van der Waals surface area contributed by atoms with Crippen LogP contribution in [0.2, 0.25) is 0 Å². The lowest BCUT2D eigenvalue weighted by Gasteiger charge is -2.36. The van der Waals surface area contributed by atoms with Crippen LogP contribution in [0, 0.1) is 17.8 Å². The number of nitrogens with zero attached hydrogens (tertiary/aromatic N) is 1. The number of hydrogen-bond donors (Lipinski definition) is 3. The monoisotopic (exact) mass is 595 g/mol. The minimum atomic E-state index is -0.838. The third-order valence-corrected chi connectivity index (χ3v) is 8.46. The highest BCUT2D eigenvalue weighted by Gasteiger charge is 2.55. The van der Waals surface area contributed by atoms with Crippen LogP contribution in [-0.4, -0.2) is 39.8 Å². The van der Waals surface area contributed by atoms with Crippen molar-refractivity contribution < 1.29 is 24.9 Å². The molecule has 2 aliphatic rings. The summed E-state index contributed by atoms with van der Waals surface area (Å²) >= 11 is 3.46. The molecule has 1 heterocycles.